The maximum Gasteiger partial charge on any atom is 0.417 e. The molecular weight excluding hydrogens is 380 g/mol. The van der Waals surface area contributed by atoms with Crippen LogP contribution in [0.1, 0.15) is 11.1 Å². The molecule has 2 aliphatic rings. The Bertz CT molecular complexity index is 1070. The van der Waals surface area contributed by atoms with Crippen molar-refractivity contribution in [3.8, 4) is 17.2 Å². The molecule has 2 heterocycles. The van der Waals surface area contributed by atoms with Gasteiger partial charge in [0, 0.05) is 30.5 Å². The number of hydrogen-bond acceptors (Lipinski definition) is 5. The van der Waals surface area contributed by atoms with E-state index < -0.39 is 6.09 Å². The minimum atomic E-state index is -0.536. The first kappa shape index (κ1) is 18.4. The zero-order valence-corrected chi connectivity index (χ0v) is 16.5. The Morgan fingerprint density at radius 1 is 0.967 bits per heavy atom. The average Bonchev–Trinajstić information content (AvgIpc) is 3.16. The van der Waals surface area contributed by atoms with Crippen LogP contribution in [0.15, 0.2) is 66.7 Å². The van der Waals surface area contributed by atoms with E-state index >= 15 is 0 Å². The van der Waals surface area contributed by atoms with Crippen LogP contribution in [-0.4, -0.2) is 25.9 Å². The van der Waals surface area contributed by atoms with Gasteiger partial charge >= 0.3 is 6.09 Å². The van der Waals surface area contributed by atoms with Gasteiger partial charge in [-0.25, -0.2) is 4.79 Å². The van der Waals surface area contributed by atoms with Crippen molar-refractivity contribution < 1.29 is 19.0 Å². The molecule has 0 saturated heterocycles. The predicted molar refractivity (Wildman–Crippen MR) is 115 cm³/mol. The second-order valence-electron chi connectivity index (χ2n) is 7.32. The monoisotopic (exact) mass is 402 g/mol. The quantitative estimate of drug-likeness (QED) is 0.689. The fourth-order valence-electron chi connectivity index (χ4n) is 3.85. The first-order valence-electron chi connectivity index (χ1n) is 10.0. The third-order valence-electron chi connectivity index (χ3n) is 5.26. The molecule has 1 amide bonds. The molecule has 0 radical (unpaired) electrons. The summed E-state index contributed by atoms with van der Waals surface area (Å²) in [5.41, 5.74) is 4.45. The number of ether oxygens (including phenoxy) is 3. The molecule has 0 bridgehead atoms. The Kier molecular flexibility index (Phi) is 4.89. The smallest absolute Gasteiger partial charge is 0.417 e. The van der Waals surface area contributed by atoms with Crippen LogP contribution < -0.4 is 24.4 Å². The molecule has 6 heteroatoms. The van der Waals surface area contributed by atoms with Crippen molar-refractivity contribution >= 4 is 17.5 Å². The molecule has 152 valence electrons. The lowest BCUT2D eigenvalue weighted by atomic mass is 10.1. The first-order valence-corrected chi connectivity index (χ1v) is 10.0. The van der Waals surface area contributed by atoms with Gasteiger partial charge in [-0.05, 0) is 47.9 Å². The van der Waals surface area contributed by atoms with E-state index in [1.807, 2.05) is 18.2 Å². The molecule has 0 atom stereocenters. The van der Waals surface area contributed by atoms with Crippen LogP contribution in [0, 0.1) is 0 Å². The Morgan fingerprint density at radius 2 is 1.80 bits per heavy atom. The van der Waals surface area contributed by atoms with Crippen LogP contribution >= 0.6 is 0 Å². The van der Waals surface area contributed by atoms with E-state index in [9.17, 15) is 4.79 Å². The second-order valence-corrected chi connectivity index (χ2v) is 7.32. The summed E-state index contributed by atoms with van der Waals surface area (Å²) >= 11 is 0. The number of hydrogen-bond donors (Lipinski definition) is 1. The molecule has 0 fully saturated rings. The van der Waals surface area contributed by atoms with E-state index in [-0.39, 0.29) is 0 Å². The Balaban J connectivity index is 1.23. The summed E-state index contributed by atoms with van der Waals surface area (Å²) in [5.74, 6) is 1.65. The summed E-state index contributed by atoms with van der Waals surface area (Å²) < 4.78 is 16.4. The molecular formula is C24H22N2O4. The van der Waals surface area contributed by atoms with Gasteiger partial charge in [0.25, 0.3) is 0 Å². The fourth-order valence-corrected chi connectivity index (χ4v) is 3.85. The molecule has 0 spiro atoms. The molecule has 2 aliphatic heterocycles. The molecule has 3 aromatic rings. The molecule has 0 aromatic heterocycles. The molecule has 1 N–H and O–H groups in total. The van der Waals surface area contributed by atoms with E-state index in [0.717, 1.165) is 25.2 Å². The van der Waals surface area contributed by atoms with Crippen LogP contribution in [0.5, 0.6) is 17.2 Å². The Morgan fingerprint density at radius 3 is 2.67 bits per heavy atom. The second kappa shape index (κ2) is 7.99. The number of carbonyl (C=O) groups excluding carboxylic acids is 1. The van der Waals surface area contributed by atoms with Gasteiger partial charge in [-0.1, -0.05) is 30.3 Å². The van der Waals surface area contributed by atoms with Gasteiger partial charge in [0.2, 0.25) is 0 Å². The third kappa shape index (κ3) is 3.89. The number of rotatable bonds is 4. The zero-order valence-electron chi connectivity index (χ0n) is 16.5. The topological polar surface area (TPSA) is 60.0 Å². The fraction of sp³-hybridized carbons (Fsp3) is 0.208. The standard InChI is InChI=1S/C24H22N2O4/c27-24(30-20-7-9-22-23(15-20)29-13-12-28-22)25-19-6-8-21-18(14-19)10-11-26(21)16-17-4-2-1-3-5-17/h1-9,14-15H,10-13,16H2,(H,25,27). The SMILES string of the molecule is O=C(Nc1ccc2c(c1)CCN2Cc1ccccc1)Oc1ccc2c(c1)OCCO2. The lowest BCUT2D eigenvalue weighted by Crippen LogP contribution is -2.19. The Labute approximate surface area is 175 Å². The van der Waals surface area contributed by atoms with E-state index in [4.69, 9.17) is 14.2 Å². The van der Waals surface area contributed by atoms with Crippen molar-refractivity contribution in [2.24, 2.45) is 0 Å². The van der Waals surface area contributed by atoms with Crippen molar-refractivity contribution in [1.29, 1.82) is 0 Å². The Hall–Kier alpha value is -3.67. The normalized spacial score (nSPS) is 14.2. The number of nitrogens with zero attached hydrogens (tertiary/aromatic N) is 1. The van der Waals surface area contributed by atoms with Crippen LogP contribution in [-0.2, 0) is 13.0 Å². The highest BCUT2D eigenvalue weighted by atomic mass is 16.6. The molecule has 5 rings (SSSR count). The van der Waals surface area contributed by atoms with Crippen LogP contribution in [0.3, 0.4) is 0 Å². The van der Waals surface area contributed by atoms with Crippen molar-refractivity contribution in [2.75, 3.05) is 30.0 Å². The summed E-state index contributed by atoms with van der Waals surface area (Å²) in [6.45, 7) is 2.86. The van der Waals surface area contributed by atoms with Gasteiger partial charge in [0.15, 0.2) is 11.5 Å². The number of fused-ring (bicyclic) bond motifs is 2. The van der Waals surface area contributed by atoms with E-state index in [0.29, 0.717) is 30.5 Å². The summed E-state index contributed by atoms with van der Waals surface area (Å²) in [7, 11) is 0. The van der Waals surface area contributed by atoms with E-state index in [2.05, 4.69) is 40.5 Å². The van der Waals surface area contributed by atoms with Crippen LogP contribution in [0.25, 0.3) is 0 Å². The summed E-state index contributed by atoms with van der Waals surface area (Å²) in [4.78, 5) is 14.7. The molecule has 0 aliphatic carbocycles. The zero-order chi connectivity index (χ0) is 20.3. The minimum Gasteiger partial charge on any atom is -0.486 e. The highest BCUT2D eigenvalue weighted by molar-refractivity contribution is 5.87. The number of carbonyl (C=O) groups is 1. The summed E-state index contributed by atoms with van der Waals surface area (Å²) in [6.07, 6.45) is 0.417. The molecule has 30 heavy (non-hydrogen) atoms. The maximum absolute atomic E-state index is 12.3. The van der Waals surface area contributed by atoms with Crippen molar-refractivity contribution in [1.82, 2.24) is 0 Å². The lowest BCUT2D eigenvalue weighted by Gasteiger charge is -2.20. The van der Waals surface area contributed by atoms with Gasteiger partial charge in [-0.2, -0.15) is 0 Å². The summed E-state index contributed by atoms with van der Waals surface area (Å²) in [6, 6.07) is 21.5. The number of anilines is 2. The molecule has 0 saturated carbocycles. The highest BCUT2D eigenvalue weighted by Crippen LogP contribution is 2.34. The van der Waals surface area contributed by atoms with Crippen molar-refractivity contribution in [3.05, 3.63) is 77.9 Å². The van der Waals surface area contributed by atoms with Crippen molar-refractivity contribution in [2.45, 2.75) is 13.0 Å². The number of nitrogens with one attached hydrogen (secondary N) is 1. The van der Waals surface area contributed by atoms with Crippen LogP contribution in [0.2, 0.25) is 0 Å². The predicted octanol–water partition coefficient (Wildman–Crippen LogP) is 4.63. The lowest BCUT2D eigenvalue weighted by molar-refractivity contribution is 0.170. The van der Waals surface area contributed by atoms with Gasteiger partial charge in [0.1, 0.15) is 19.0 Å². The van der Waals surface area contributed by atoms with E-state index in [1.54, 1.807) is 18.2 Å². The third-order valence-corrected chi connectivity index (χ3v) is 5.26. The van der Waals surface area contributed by atoms with Gasteiger partial charge in [-0.15, -0.1) is 0 Å². The van der Waals surface area contributed by atoms with Crippen molar-refractivity contribution in [3.63, 3.8) is 0 Å². The molecule has 0 unspecified atom stereocenters. The molecule has 6 nitrogen and oxygen atoms in total. The number of amides is 1. The van der Waals surface area contributed by atoms with Gasteiger partial charge < -0.3 is 19.1 Å². The first-order chi connectivity index (χ1) is 14.7. The van der Waals surface area contributed by atoms with Gasteiger partial charge in [0.05, 0.1) is 0 Å². The minimum absolute atomic E-state index is 0.409. The van der Waals surface area contributed by atoms with Gasteiger partial charge in [-0.3, -0.25) is 5.32 Å². The molecule has 3 aromatic carbocycles. The average molecular weight is 402 g/mol. The largest absolute Gasteiger partial charge is 0.486 e. The summed E-state index contributed by atoms with van der Waals surface area (Å²) in [5, 5.41) is 2.81. The number of benzene rings is 3. The maximum atomic E-state index is 12.3. The van der Waals surface area contributed by atoms with Crippen LogP contribution in [0.4, 0.5) is 16.2 Å². The van der Waals surface area contributed by atoms with E-state index in [1.165, 1.54) is 16.8 Å². The highest BCUT2D eigenvalue weighted by Gasteiger charge is 2.20.